The summed E-state index contributed by atoms with van der Waals surface area (Å²) >= 11 is 6.57. The van der Waals surface area contributed by atoms with E-state index < -0.39 is 47.7 Å². The molecule has 0 fully saturated rings. The number of hydrogen-bond acceptors (Lipinski definition) is 10. The van der Waals surface area contributed by atoms with Crippen LogP contribution in [-0.2, 0) is 30.4 Å². The minimum absolute atomic E-state index is 0.0406. The number of benzene rings is 2. The van der Waals surface area contributed by atoms with Crippen molar-refractivity contribution in [1.29, 1.82) is 0 Å². The zero-order valence-corrected chi connectivity index (χ0v) is 34.3. The number of aromatic nitrogens is 1. The summed E-state index contributed by atoms with van der Waals surface area (Å²) in [6, 6.07) is 10.6. The first kappa shape index (κ1) is 46.1. The first-order chi connectivity index (χ1) is 27.1. The maximum absolute atomic E-state index is 14.2. The number of halogens is 1. The number of esters is 1. The van der Waals surface area contributed by atoms with Crippen LogP contribution in [0.1, 0.15) is 89.5 Å². The number of pyridine rings is 1. The number of aryl methyl sites for hydroxylation is 1. The molecule has 3 rings (SSSR count). The molecule has 15 nitrogen and oxygen atoms in total. The number of amides is 3. The van der Waals surface area contributed by atoms with Crippen molar-refractivity contribution in [2.24, 2.45) is 0 Å². The smallest absolute Gasteiger partial charge is 0.329 e. The molecule has 0 unspecified atom stereocenters. The van der Waals surface area contributed by atoms with Gasteiger partial charge in [-0.05, 0) is 84.2 Å². The molecule has 1 aromatic heterocycles. The summed E-state index contributed by atoms with van der Waals surface area (Å²) in [5.74, 6) is -0.813. The van der Waals surface area contributed by atoms with Crippen LogP contribution in [0.5, 0.6) is 17.2 Å². The lowest BCUT2D eigenvalue weighted by molar-refractivity contribution is -0.155. The molecule has 0 bridgehead atoms. The molecular formula is C41H55ClN4O11. The molecule has 0 radical (unpaired) electrons. The Bertz CT molecular complexity index is 1880. The van der Waals surface area contributed by atoms with Crippen molar-refractivity contribution in [2.75, 3.05) is 44.9 Å². The highest BCUT2D eigenvalue weighted by atomic mass is 35.5. The highest BCUT2D eigenvalue weighted by molar-refractivity contribution is 6.31. The van der Waals surface area contributed by atoms with Crippen LogP contribution in [0.4, 0.5) is 10.5 Å². The van der Waals surface area contributed by atoms with Gasteiger partial charge in [-0.1, -0.05) is 42.6 Å². The third kappa shape index (κ3) is 16.0. The van der Waals surface area contributed by atoms with Gasteiger partial charge in [-0.15, -0.1) is 0 Å². The Morgan fingerprint density at radius 1 is 0.930 bits per heavy atom. The molecule has 0 spiro atoms. The van der Waals surface area contributed by atoms with Gasteiger partial charge in [-0.2, -0.15) is 0 Å². The number of nitrogens with zero attached hydrogens (tertiary/aromatic N) is 1. The first-order valence-corrected chi connectivity index (χ1v) is 19.3. The molecule has 57 heavy (non-hydrogen) atoms. The molecule has 312 valence electrons. The second kappa shape index (κ2) is 23.1. The van der Waals surface area contributed by atoms with Crippen molar-refractivity contribution in [2.45, 2.75) is 91.8 Å². The number of carboxylic acids is 1. The Kier molecular flexibility index (Phi) is 18.7. The Hall–Kier alpha value is -5.28. The largest absolute Gasteiger partial charge is 0.494 e. The van der Waals surface area contributed by atoms with Gasteiger partial charge in [-0.25, -0.2) is 9.59 Å². The van der Waals surface area contributed by atoms with E-state index in [1.165, 1.54) is 4.57 Å². The summed E-state index contributed by atoms with van der Waals surface area (Å²) in [4.78, 5) is 63.4. The number of carbonyl (C=O) groups excluding carboxylic acids is 3. The number of hydrogen-bond donors (Lipinski definition) is 4. The number of carbonyl (C=O) groups is 4. The van der Waals surface area contributed by atoms with Crippen LogP contribution in [0.3, 0.4) is 0 Å². The van der Waals surface area contributed by atoms with Crippen LogP contribution in [0, 0.1) is 6.92 Å². The van der Waals surface area contributed by atoms with E-state index in [1.807, 2.05) is 13.8 Å². The lowest BCUT2D eigenvalue weighted by atomic mass is 10.0. The predicted molar refractivity (Wildman–Crippen MR) is 216 cm³/mol. The van der Waals surface area contributed by atoms with E-state index in [0.717, 1.165) is 12.8 Å². The maximum Gasteiger partial charge on any atom is 0.329 e. The molecule has 16 heteroatoms. The van der Waals surface area contributed by atoms with E-state index in [0.29, 0.717) is 65.8 Å². The molecule has 1 heterocycles. The average Bonchev–Trinajstić information content (AvgIpc) is 3.13. The van der Waals surface area contributed by atoms with Gasteiger partial charge in [0.15, 0.2) is 11.4 Å². The lowest BCUT2D eigenvalue weighted by Crippen LogP contribution is -2.37. The number of anilines is 1. The van der Waals surface area contributed by atoms with E-state index in [-0.39, 0.29) is 37.6 Å². The van der Waals surface area contributed by atoms with Crippen molar-refractivity contribution in [3.8, 4) is 17.2 Å². The van der Waals surface area contributed by atoms with Gasteiger partial charge in [0, 0.05) is 28.9 Å². The summed E-state index contributed by atoms with van der Waals surface area (Å²) in [5.41, 5.74) is 0.325. The number of ether oxygens (including phenoxy) is 5. The molecule has 2 aromatic carbocycles. The van der Waals surface area contributed by atoms with E-state index in [2.05, 4.69) is 16.0 Å². The van der Waals surface area contributed by atoms with Crippen LogP contribution < -0.4 is 35.7 Å². The third-order valence-corrected chi connectivity index (χ3v) is 8.47. The average molecular weight is 815 g/mol. The monoisotopic (exact) mass is 814 g/mol. The summed E-state index contributed by atoms with van der Waals surface area (Å²) in [6.45, 7) is 11.3. The molecule has 4 N–H and O–H groups in total. The van der Waals surface area contributed by atoms with E-state index >= 15 is 0 Å². The quantitative estimate of drug-likeness (QED) is 0.0611. The number of urea groups is 1. The zero-order valence-electron chi connectivity index (χ0n) is 33.5. The summed E-state index contributed by atoms with van der Waals surface area (Å²) < 4.78 is 29.4. The zero-order chi connectivity index (χ0) is 42.0. The van der Waals surface area contributed by atoms with Crippen molar-refractivity contribution in [3.05, 3.63) is 80.7 Å². The third-order valence-electron chi connectivity index (χ3n) is 8.12. The summed E-state index contributed by atoms with van der Waals surface area (Å²) in [7, 11) is 0. The van der Waals surface area contributed by atoms with Crippen LogP contribution in [0.2, 0.25) is 5.02 Å². The number of carboxylic acid groups (broad SMARTS) is 1. The second-order valence-electron chi connectivity index (χ2n) is 14.0. The van der Waals surface area contributed by atoms with Crippen LogP contribution in [-0.4, -0.2) is 78.7 Å². The fraction of sp³-hybridized carbons (Fsp3) is 0.488. The second-order valence-corrected chi connectivity index (χ2v) is 14.5. The van der Waals surface area contributed by atoms with Crippen molar-refractivity contribution < 1.29 is 48.0 Å². The van der Waals surface area contributed by atoms with Crippen molar-refractivity contribution in [1.82, 2.24) is 15.2 Å². The van der Waals surface area contributed by atoms with Gasteiger partial charge in [0.1, 0.15) is 30.3 Å². The van der Waals surface area contributed by atoms with Gasteiger partial charge in [0.05, 0.1) is 38.8 Å². The van der Waals surface area contributed by atoms with Crippen molar-refractivity contribution in [3.63, 3.8) is 0 Å². The van der Waals surface area contributed by atoms with Crippen molar-refractivity contribution >= 4 is 41.2 Å². The highest BCUT2D eigenvalue weighted by Gasteiger charge is 2.26. The minimum atomic E-state index is -1.15. The van der Waals surface area contributed by atoms with Gasteiger partial charge < -0.3 is 49.3 Å². The van der Waals surface area contributed by atoms with E-state index in [1.54, 1.807) is 76.4 Å². The predicted octanol–water partition coefficient (Wildman–Crippen LogP) is 6.41. The molecule has 0 aliphatic carbocycles. The Balaban J connectivity index is 1.84. The van der Waals surface area contributed by atoms with Gasteiger partial charge in [0.25, 0.3) is 5.56 Å². The fourth-order valence-electron chi connectivity index (χ4n) is 5.72. The summed E-state index contributed by atoms with van der Waals surface area (Å²) in [5, 5.41) is 17.3. The molecule has 0 aliphatic heterocycles. The van der Waals surface area contributed by atoms with E-state index in [9.17, 15) is 24.0 Å². The molecule has 3 aromatic rings. The van der Waals surface area contributed by atoms with E-state index in [4.69, 9.17) is 40.4 Å². The van der Waals surface area contributed by atoms with Crippen LogP contribution in [0.15, 0.2) is 53.5 Å². The Morgan fingerprint density at radius 2 is 1.65 bits per heavy atom. The Labute approximate surface area is 338 Å². The highest BCUT2D eigenvalue weighted by Crippen LogP contribution is 2.30. The first-order valence-electron chi connectivity index (χ1n) is 19.0. The van der Waals surface area contributed by atoms with Crippen LogP contribution >= 0.6 is 11.6 Å². The molecule has 0 aliphatic rings. The number of aliphatic carboxylic acids is 1. The van der Waals surface area contributed by atoms with Gasteiger partial charge in [-0.3, -0.25) is 14.4 Å². The summed E-state index contributed by atoms with van der Waals surface area (Å²) in [6.07, 6.45) is 4.22. The lowest BCUT2D eigenvalue weighted by Gasteiger charge is -2.24. The normalized spacial score (nSPS) is 11.6. The standard InChI is InChI=1S/C41H55ClN4O11/c1-7-54-29-16-13-15-28(21-29)32(22-36(50)57-41(4,5)6)44-40(52)45-37-38(56-20-12-10-9-11-19-43-34(47)25-53-26-35(48)49)27(3)23-46(39(37)51)24-30-31(42)17-14-18-33(30)55-8-2/h13-18,21,23,32H,7-12,19-20,22,24-26H2,1-6H3,(H,43,47)(H,48,49)(H2,44,45,52)/t32-/m0/s1. The SMILES string of the molecule is CCOc1cccc([C@H](CC(=O)OC(C)(C)C)NC(=O)Nc2c(OCCCCCCNC(=O)COCC(=O)O)c(C)cn(Cc3c(Cl)cccc3OCC)c2=O)c1. The minimum Gasteiger partial charge on any atom is -0.494 e. The molecule has 0 saturated carbocycles. The number of rotatable bonds is 23. The number of nitrogens with one attached hydrogen (secondary N) is 3. The molecular weight excluding hydrogens is 760 g/mol. The maximum atomic E-state index is 14.2. The van der Waals surface area contributed by atoms with Gasteiger partial charge >= 0.3 is 18.0 Å². The number of unbranched alkanes of at least 4 members (excludes halogenated alkanes) is 3. The fourth-order valence-corrected chi connectivity index (χ4v) is 5.94. The van der Waals surface area contributed by atoms with Crippen LogP contribution in [0.25, 0.3) is 0 Å². The topological polar surface area (TPSA) is 193 Å². The molecule has 3 amide bonds. The Morgan fingerprint density at radius 3 is 2.35 bits per heavy atom. The molecule has 1 atom stereocenters. The molecule has 0 saturated heterocycles. The van der Waals surface area contributed by atoms with Gasteiger partial charge in [0.2, 0.25) is 5.91 Å².